The molecule has 2 heterocycles. The number of anilines is 1. The molecule has 0 aromatic heterocycles. The number of carbonyl (C=O) groups is 2. The molecule has 2 aliphatic heterocycles. The standard InChI is InChI=1S/C25H28N2O4/c1-16-13-17(2)15-26(14-16)23-22(18-9-5-7-11-20(18)30-3)24(28)27(25(23)29)19-10-6-8-12-21(19)31-4/h5-12,16-17H,13-15H2,1-4H3. The van der Waals surface area contributed by atoms with Crippen molar-refractivity contribution in [1.82, 2.24) is 4.90 Å². The van der Waals surface area contributed by atoms with Gasteiger partial charge in [0.2, 0.25) is 0 Å². The molecule has 2 aromatic carbocycles. The highest BCUT2D eigenvalue weighted by Crippen LogP contribution is 2.41. The Balaban J connectivity index is 1.89. The van der Waals surface area contributed by atoms with Crippen LogP contribution in [0.2, 0.25) is 0 Å². The number of rotatable bonds is 5. The van der Waals surface area contributed by atoms with Gasteiger partial charge in [-0.3, -0.25) is 9.59 Å². The third-order valence-electron chi connectivity index (χ3n) is 5.95. The Morgan fingerprint density at radius 2 is 1.39 bits per heavy atom. The summed E-state index contributed by atoms with van der Waals surface area (Å²) in [7, 11) is 3.11. The Morgan fingerprint density at radius 1 is 0.806 bits per heavy atom. The summed E-state index contributed by atoms with van der Waals surface area (Å²) < 4.78 is 11.0. The van der Waals surface area contributed by atoms with Gasteiger partial charge >= 0.3 is 0 Å². The molecular formula is C25H28N2O4. The van der Waals surface area contributed by atoms with Crippen LogP contribution in [0, 0.1) is 11.8 Å². The van der Waals surface area contributed by atoms with E-state index in [0.717, 1.165) is 19.5 Å². The number of imide groups is 1. The van der Waals surface area contributed by atoms with Crippen molar-refractivity contribution in [3.63, 3.8) is 0 Å². The highest BCUT2D eigenvalue weighted by Gasteiger charge is 2.45. The molecule has 2 atom stereocenters. The number of nitrogens with zero attached hydrogens (tertiary/aromatic N) is 2. The van der Waals surface area contributed by atoms with Crippen LogP contribution in [0.15, 0.2) is 54.2 Å². The zero-order valence-corrected chi connectivity index (χ0v) is 18.4. The number of likely N-dealkylation sites (tertiary alicyclic amines) is 1. The minimum absolute atomic E-state index is 0.322. The maximum atomic E-state index is 13.8. The largest absolute Gasteiger partial charge is 0.496 e. The summed E-state index contributed by atoms with van der Waals surface area (Å²) in [5, 5.41) is 0. The molecule has 0 N–H and O–H groups in total. The number of hydrogen-bond donors (Lipinski definition) is 0. The van der Waals surface area contributed by atoms with Crippen LogP contribution in [-0.2, 0) is 9.59 Å². The van der Waals surface area contributed by atoms with Gasteiger partial charge in [-0.15, -0.1) is 0 Å². The molecule has 0 saturated carbocycles. The second-order valence-electron chi connectivity index (χ2n) is 8.39. The zero-order valence-electron chi connectivity index (χ0n) is 18.4. The number of ether oxygens (including phenoxy) is 2. The van der Waals surface area contributed by atoms with Gasteiger partial charge < -0.3 is 14.4 Å². The quantitative estimate of drug-likeness (QED) is 0.685. The van der Waals surface area contributed by atoms with Crippen molar-refractivity contribution in [3.8, 4) is 11.5 Å². The van der Waals surface area contributed by atoms with Gasteiger partial charge in [0.25, 0.3) is 11.8 Å². The number of carbonyl (C=O) groups excluding carboxylic acids is 2. The number of amides is 2. The lowest BCUT2D eigenvalue weighted by Gasteiger charge is -2.37. The van der Waals surface area contributed by atoms with Crippen molar-refractivity contribution in [2.75, 3.05) is 32.2 Å². The van der Waals surface area contributed by atoms with Gasteiger partial charge in [-0.05, 0) is 36.5 Å². The van der Waals surface area contributed by atoms with Crippen molar-refractivity contribution in [1.29, 1.82) is 0 Å². The van der Waals surface area contributed by atoms with Gasteiger partial charge in [-0.1, -0.05) is 44.2 Å². The van der Waals surface area contributed by atoms with Gasteiger partial charge in [0.1, 0.15) is 17.2 Å². The van der Waals surface area contributed by atoms with Gasteiger partial charge in [0, 0.05) is 18.7 Å². The average molecular weight is 421 g/mol. The van der Waals surface area contributed by atoms with E-state index in [1.807, 2.05) is 30.3 Å². The first-order valence-electron chi connectivity index (χ1n) is 10.6. The number of methoxy groups -OCH3 is 2. The molecule has 2 amide bonds. The van der Waals surface area contributed by atoms with Gasteiger partial charge in [0.05, 0.1) is 25.5 Å². The zero-order chi connectivity index (χ0) is 22.1. The minimum Gasteiger partial charge on any atom is -0.496 e. The SMILES string of the molecule is COc1ccccc1C1=C(N2CC(C)CC(C)C2)C(=O)N(c2ccccc2OC)C1=O. The van der Waals surface area contributed by atoms with Crippen LogP contribution in [0.4, 0.5) is 5.69 Å². The predicted octanol–water partition coefficient (Wildman–Crippen LogP) is 3.97. The molecule has 1 saturated heterocycles. The minimum atomic E-state index is -0.361. The molecule has 31 heavy (non-hydrogen) atoms. The van der Waals surface area contributed by atoms with E-state index in [-0.39, 0.29) is 11.8 Å². The van der Waals surface area contributed by atoms with Crippen molar-refractivity contribution < 1.29 is 19.1 Å². The third kappa shape index (κ3) is 3.67. The summed E-state index contributed by atoms with van der Waals surface area (Å²) in [6.07, 6.45) is 1.10. The van der Waals surface area contributed by atoms with E-state index in [4.69, 9.17) is 9.47 Å². The highest BCUT2D eigenvalue weighted by atomic mass is 16.5. The molecule has 4 rings (SSSR count). The van der Waals surface area contributed by atoms with Crippen LogP contribution in [0.3, 0.4) is 0 Å². The molecule has 1 fully saturated rings. The Bertz CT molecular complexity index is 1040. The topological polar surface area (TPSA) is 59.1 Å². The molecule has 6 nitrogen and oxygen atoms in total. The predicted molar refractivity (Wildman–Crippen MR) is 120 cm³/mol. The first-order valence-corrected chi connectivity index (χ1v) is 10.6. The fourth-order valence-electron chi connectivity index (χ4n) is 4.78. The first kappa shape index (κ1) is 21.0. The lowest BCUT2D eigenvalue weighted by molar-refractivity contribution is -0.120. The third-order valence-corrected chi connectivity index (χ3v) is 5.95. The van der Waals surface area contributed by atoms with Crippen molar-refractivity contribution in [2.24, 2.45) is 11.8 Å². The van der Waals surface area contributed by atoms with E-state index in [9.17, 15) is 9.59 Å². The van der Waals surface area contributed by atoms with Crippen molar-refractivity contribution in [2.45, 2.75) is 20.3 Å². The smallest absolute Gasteiger partial charge is 0.282 e. The lowest BCUT2D eigenvalue weighted by atomic mass is 9.91. The van der Waals surface area contributed by atoms with Gasteiger partial charge in [-0.2, -0.15) is 0 Å². The summed E-state index contributed by atoms with van der Waals surface area (Å²) >= 11 is 0. The van der Waals surface area contributed by atoms with E-state index < -0.39 is 0 Å². The Morgan fingerprint density at radius 3 is 2.03 bits per heavy atom. The van der Waals surface area contributed by atoms with Crippen LogP contribution in [0.5, 0.6) is 11.5 Å². The van der Waals surface area contributed by atoms with E-state index in [0.29, 0.717) is 45.9 Å². The molecule has 2 unspecified atom stereocenters. The van der Waals surface area contributed by atoms with E-state index in [2.05, 4.69) is 18.7 Å². The van der Waals surface area contributed by atoms with Crippen LogP contribution in [-0.4, -0.2) is 44.0 Å². The molecule has 2 aliphatic rings. The summed E-state index contributed by atoms with van der Waals surface area (Å²) in [6, 6.07) is 14.5. The molecule has 0 spiro atoms. The average Bonchev–Trinajstić information content (AvgIpc) is 3.02. The Labute approximate surface area is 183 Å². The van der Waals surface area contributed by atoms with Crippen LogP contribution < -0.4 is 14.4 Å². The maximum absolute atomic E-state index is 13.8. The second-order valence-corrected chi connectivity index (χ2v) is 8.39. The monoisotopic (exact) mass is 420 g/mol. The van der Waals surface area contributed by atoms with E-state index in [1.165, 1.54) is 12.0 Å². The number of para-hydroxylation sites is 3. The van der Waals surface area contributed by atoms with Crippen molar-refractivity contribution in [3.05, 3.63) is 59.8 Å². The molecule has 0 radical (unpaired) electrons. The van der Waals surface area contributed by atoms with E-state index >= 15 is 0 Å². The van der Waals surface area contributed by atoms with Gasteiger partial charge in [0.15, 0.2) is 0 Å². The second kappa shape index (κ2) is 8.46. The fourth-order valence-corrected chi connectivity index (χ4v) is 4.78. The summed E-state index contributed by atoms with van der Waals surface area (Å²) in [6.45, 7) is 5.84. The number of piperidine rings is 1. The summed E-state index contributed by atoms with van der Waals surface area (Å²) in [5.74, 6) is 1.22. The molecule has 2 aromatic rings. The molecule has 0 aliphatic carbocycles. The molecule has 6 heteroatoms. The number of benzene rings is 2. The van der Waals surface area contributed by atoms with Crippen LogP contribution >= 0.6 is 0 Å². The summed E-state index contributed by atoms with van der Waals surface area (Å²) in [5.41, 5.74) is 1.90. The molecule has 162 valence electrons. The van der Waals surface area contributed by atoms with Crippen LogP contribution in [0.1, 0.15) is 25.8 Å². The summed E-state index contributed by atoms with van der Waals surface area (Å²) in [4.78, 5) is 30.9. The highest BCUT2D eigenvalue weighted by molar-refractivity contribution is 6.46. The Hall–Kier alpha value is -3.28. The number of hydrogen-bond acceptors (Lipinski definition) is 5. The fraction of sp³-hybridized carbons (Fsp3) is 0.360. The maximum Gasteiger partial charge on any atom is 0.282 e. The van der Waals surface area contributed by atoms with Gasteiger partial charge in [-0.25, -0.2) is 4.90 Å². The normalized spacial score (nSPS) is 21.7. The van der Waals surface area contributed by atoms with Crippen molar-refractivity contribution >= 4 is 23.1 Å². The first-order chi connectivity index (χ1) is 15.0. The molecule has 0 bridgehead atoms. The van der Waals surface area contributed by atoms with Crippen LogP contribution in [0.25, 0.3) is 5.57 Å². The molecular weight excluding hydrogens is 392 g/mol. The Kier molecular flexibility index (Phi) is 5.72. The lowest BCUT2D eigenvalue weighted by Crippen LogP contribution is -2.42. The van der Waals surface area contributed by atoms with E-state index in [1.54, 1.807) is 25.3 Å².